The molecule has 2 N–H and O–H groups in total. The van der Waals surface area contributed by atoms with Crippen LogP contribution >= 0.6 is 11.6 Å². The monoisotopic (exact) mass is 466 g/mol. The number of methoxy groups -OCH3 is 2. The standard InChI is InChI=1S/C25H23ClN2O5/c1-13-4-6-16(11-19(13)26)27-24(30)18-12-17-20(28-25(18)31)8-15(9-21(17)29)14-5-7-22(32-2)23(10-14)33-3/h4-7,10-12,15H,8-9H2,1-3H3,(H,27,30)(H,28,31)/t15-/m0/s1. The van der Waals surface area contributed by atoms with Gasteiger partial charge in [-0.25, -0.2) is 0 Å². The highest BCUT2D eigenvalue weighted by Crippen LogP contribution is 2.36. The first kappa shape index (κ1) is 22.6. The molecule has 1 aromatic heterocycles. The molecule has 1 aliphatic rings. The Morgan fingerprint density at radius 1 is 1.03 bits per heavy atom. The molecule has 0 unspecified atom stereocenters. The van der Waals surface area contributed by atoms with Gasteiger partial charge in [-0.1, -0.05) is 23.7 Å². The number of carbonyl (C=O) groups is 2. The van der Waals surface area contributed by atoms with Crippen LogP contribution in [0.5, 0.6) is 11.5 Å². The molecular formula is C25H23ClN2O5. The van der Waals surface area contributed by atoms with E-state index in [1.807, 2.05) is 19.1 Å². The molecule has 0 radical (unpaired) electrons. The summed E-state index contributed by atoms with van der Waals surface area (Å²) in [4.78, 5) is 41.1. The number of benzene rings is 2. The summed E-state index contributed by atoms with van der Waals surface area (Å²) in [6, 6.07) is 12.0. The van der Waals surface area contributed by atoms with Gasteiger partial charge in [0.2, 0.25) is 0 Å². The number of H-pyrrole nitrogens is 1. The Labute approximate surface area is 195 Å². The Hall–Kier alpha value is -3.58. The minimum atomic E-state index is -0.603. The van der Waals surface area contributed by atoms with Gasteiger partial charge in [-0.3, -0.25) is 14.4 Å². The number of hydrogen-bond donors (Lipinski definition) is 2. The molecule has 33 heavy (non-hydrogen) atoms. The number of carbonyl (C=O) groups excluding carboxylic acids is 2. The molecule has 1 atom stereocenters. The summed E-state index contributed by atoms with van der Waals surface area (Å²) in [5, 5.41) is 3.17. The number of aryl methyl sites for hydroxylation is 1. The highest BCUT2D eigenvalue weighted by Gasteiger charge is 2.29. The lowest BCUT2D eigenvalue weighted by molar-refractivity contribution is 0.0963. The summed E-state index contributed by atoms with van der Waals surface area (Å²) >= 11 is 6.11. The van der Waals surface area contributed by atoms with Crippen LogP contribution in [0.1, 0.15) is 49.9 Å². The number of fused-ring (bicyclic) bond motifs is 1. The third kappa shape index (κ3) is 4.50. The first-order valence-electron chi connectivity index (χ1n) is 10.4. The number of Topliss-reactive ketones (excluding diaryl/α,β-unsaturated/α-hetero) is 1. The average molecular weight is 467 g/mol. The first-order valence-corrected chi connectivity index (χ1v) is 10.8. The summed E-state index contributed by atoms with van der Waals surface area (Å²) in [6.45, 7) is 1.85. The third-order valence-electron chi connectivity index (χ3n) is 5.86. The second-order valence-electron chi connectivity index (χ2n) is 7.97. The number of anilines is 1. The summed E-state index contributed by atoms with van der Waals surface area (Å²) in [5.41, 5.74) is 2.45. The van der Waals surface area contributed by atoms with Crippen LogP contribution in [-0.2, 0) is 6.42 Å². The van der Waals surface area contributed by atoms with Gasteiger partial charge in [0.05, 0.1) is 14.2 Å². The van der Waals surface area contributed by atoms with Crippen molar-refractivity contribution < 1.29 is 19.1 Å². The smallest absolute Gasteiger partial charge is 0.261 e. The fourth-order valence-corrected chi connectivity index (χ4v) is 4.19. The van der Waals surface area contributed by atoms with Crippen LogP contribution in [0.2, 0.25) is 5.02 Å². The number of nitrogens with one attached hydrogen (secondary N) is 2. The summed E-state index contributed by atoms with van der Waals surface area (Å²) in [6.07, 6.45) is 0.713. The number of aromatic nitrogens is 1. The normalized spacial score (nSPS) is 15.0. The number of rotatable bonds is 5. The number of amides is 1. The van der Waals surface area contributed by atoms with E-state index in [-0.39, 0.29) is 23.7 Å². The van der Waals surface area contributed by atoms with Gasteiger partial charge in [0.25, 0.3) is 11.5 Å². The highest BCUT2D eigenvalue weighted by molar-refractivity contribution is 6.31. The lowest BCUT2D eigenvalue weighted by Crippen LogP contribution is -2.29. The molecule has 0 bridgehead atoms. The van der Waals surface area contributed by atoms with Crippen molar-refractivity contribution in [1.82, 2.24) is 4.98 Å². The number of pyridine rings is 1. The molecule has 0 spiro atoms. The van der Waals surface area contributed by atoms with Crippen molar-refractivity contribution in [2.45, 2.75) is 25.7 Å². The fourth-order valence-electron chi connectivity index (χ4n) is 4.01. The van der Waals surface area contributed by atoms with Gasteiger partial charge in [0.15, 0.2) is 17.3 Å². The van der Waals surface area contributed by atoms with Gasteiger partial charge in [0, 0.05) is 28.4 Å². The number of ether oxygens (including phenoxy) is 2. The topological polar surface area (TPSA) is 97.5 Å². The van der Waals surface area contributed by atoms with E-state index in [1.165, 1.54) is 6.07 Å². The van der Waals surface area contributed by atoms with E-state index in [1.54, 1.807) is 38.5 Å². The van der Waals surface area contributed by atoms with Crippen molar-refractivity contribution in [1.29, 1.82) is 0 Å². The quantitative estimate of drug-likeness (QED) is 0.576. The molecule has 0 saturated carbocycles. The van der Waals surface area contributed by atoms with E-state index in [0.717, 1.165) is 11.1 Å². The Balaban J connectivity index is 1.61. The van der Waals surface area contributed by atoms with Crippen LogP contribution in [0.3, 0.4) is 0 Å². The average Bonchev–Trinajstić information content (AvgIpc) is 2.80. The minimum absolute atomic E-state index is 0.122. The van der Waals surface area contributed by atoms with E-state index in [4.69, 9.17) is 21.1 Å². The molecule has 0 fully saturated rings. The maximum atomic E-state index is 12.9. The van der Waals surface area contributed by atoms with Crippen LogP contribution in [0, 0.1) is 6.92 Å². The van der Waals surface area contributed by atoms with Crippen molar-refractivity contribution >= 4 is 29.0 Å². The summed E-state index contributed by atoms with van der Waals surface area (Å²) in [7, 11) is 3.11. The second-order valence-corrected chi connectivity index (χ2v) is 8.37. The molecule has 3 aromatic rings. The largest absolute Gasteiger partial charge is 0.493 e. The Kier molecular flexibility index (Phi) is 6.24. The predicted molar refractivity (Wildman–Crippen MR) is 126 cm³/mol. The van der Waals surface area contributed by atoms with E-state index in [9.17, 15) is 14.4 Å². The van der Waals surface area contributed by atoms with E-state index in [0.29, 0.717) is 39.9 Å². The lowest BCUT2D eigenvalue weighted by Gasteiger charge is -2.24. The van der Waals surface area contributed by atoms with Gasteiger partial charge in [-0.2, -0.15) is 0 Å². The van der Waals surface area contributed by atoms with Crippen LogP contribution in [0.25, 0.3) is 0 Å². The maximum absolute atomic E-state index is 12.9. The molecular weight excluding hydrogens is 444 g/mol. The predicted octanol–water partition coefficient (Wildman–Crippen LogP) is 4.52. The van der Waals surface area contributed by atoms with Crippen molar-refractivity contribution in [3.8, 4) is 11.5 Å². The minimum Gasteiger partial charge on any atom is -0.493 e. The molecule has 8 heteroatoms. The van der Waals surface area contributed by atoms with Crippen molar-refractivity contribution in [3.05, 3.63) is 85.8 Å². The SMILES string of the molecule is COc1ccc([C@@H]2CC(=O)c3cc(C(=O)Nc4ccc(C)c(Cl)c4)c(=O)[nH]c3C2)cc1OC. The summed E-state index contributed by atoms with van der Waals surface area (Å²) < 4.78 is 10.6. The van der Waals surface area contributed by atoms with Gasteiger partial charge < -0.3 is 19.8 Å². The number of aromatic amines is 1. The molecule has 170 valence electrons. The maximum Gasteiger partial charge on any atom is 0.261 e. The zero-order chi connectivity index (χ0) is 23.7. The van der Waals surface area contributed by atoms with Gasteiger partial charge in [-0.05, 0) is 60.7 Å². The molecule has 7 nitrogen and oxygen atoms in total. The van der Waals surface area contributed by atoms with Gasteiger partial charge in [0.1, 0.15) is 5.56 Å². The number of ketones is 1. The highest BCUT2D eigenvalue weighted by atomic mass is 35.5. The third-order valence-corrected chi connectivity index (χ3v) is 6.27. The van der Waals surface area contributed by atoms with Crippen LogP contribution in [0.4, 0.5) is 5.69 Å². The van der Waals surface area contributed by atoms with Crippen molar-refractivity contribution in [2.24, 2.45) is 0 Å². The Morgan fingerprint density at radius 3 is 2.48 bits per heavy atom. The fraction of sp³-hybridized carbons (Fsp3) is 0.240. The van der Waals surface area contributed by atoms with Crippen LogP contribution in [-0.4, -0.2) is 30.9 Å². The molecule has 2 aromatic carbocycles. The molecule has 1 heterocycles. The zero-order valence-corrected chi connectivity index (χ0v) is 19.2. The van der Waals surface area contributed by atoms with E-state index in [2.05, 4.69) is 10.3 Å². The molecule has 0 aliphatic heterocycles. The summed E-state index contributed by atoms with van der Waals surface area (Å²) in [5.74, 6) is 0.302. The van der Waals surface area contributed by atoms with Gasteiger partial charge >= 0.3 is 0 Å². The zero-order valence-electron chi connectivity index (χ0n) is 18.5. The van der Waals surface area contributed by atoms with Crippen LogP contribution in [0.15, 0.2) is 47.3 Å². The molecule has 1 amide bonds. The molecule has 0 saturated heterocycles. The first-order chi connectivity index (χ1) is 15.8. The Bertz CT molecular complexity index is 1310. The lowest BCUT2D eigenvalue weighted by atomic mass is 9.81. The number of halogens is 1. The molecule has 1 aliphatic carbocycles. The Morgan fingerprint density at radius 2 is 1.79 bits per heavy atom. The van der Waals surface area contributed by atoms with E-state index >= 15 is 0 Å². The molecule has 4 rings (SSSR count). The van der Waals surface area contributed by atoms with Crippen molar-refractivity contribution in [3.63, 3.8) is 0 Å². The number of hydrogen-bond acceptors (Lipinski definition) is 5. The van der Waals surface area contributed by atoms with Crippen LogP contribution < -0.4 is 20.3 Å². The van der Waals surface area contributed by atoms with Gasteiger partial charge in [-0.15, -0.1) is 0 Å². The second kappa shape index (κ2) is 9.11. The van der Waals surface area contributed by atoms with Crippen molar-refractivity contribution in [2.75, 3.05) is 19.5 Å². The van der Waals surface area contributed by atoms with E-state index < -0.39 is 11.5 Å².